The Kier molecular flexibility index (Phi) is 4.54. The third kappa shape index (κ3) is 4.03. The van der Waals surface area contributed by atoms with Crippen LogP contribution in [-0.2, 0) is 6.54 Å². The lowest BCUT2D eigenvalue weighted by Crippen LogP contribution is -2.18. The van der Waals surface area contributed by atoms with Crippen molar-refractivity contribution in [1.82, 2.24) is 14.7 Å². The Balaban J connectivity index is 2.13. The Morgan fingerprint density at radius 3 is 2.86 bits per heavy atom. The number of hydrogen-bond donors (Lipinski definition) is 1. The second kappa shape index (κ2) is 6.36. The first-order valence-corrected chi connectivity index (χ1v) is 6.65. The molecule has 1 heterocycles. The maximum absolute atomic E-state index is 11.1. The quantitative estimate of drug-likeness (QED) is 0.652. The van der Waals surface area contributed by atoms with Crippen molar-refractivity contribution < 1.29 is 4.92 Å². The summed E-state index contributed by atoms with van der Waals surface area (Å²) in [5.41, 5.74) is 2.13. The van der Waals surface area contributed by atoms with Gasteiger partial charge in [-0.2, -0.15) is 5.10 Å². The van der Waals surface area contributed by atoms with Crippen LogP contribution in [0.1, 0.15) is 5.56 Å². The molecular weight excluding hydrogens is 270 g/mol. The minimum atomic E-state index is -0.383. The minimum absolute atomic E-state index is 0.0658. The molecule has 1 aromatic heterocycles. The monoisotopic (exact) mass is 289 g/mol. The molecule has 0 saturated heterocycles. The van der Waals surface area contributed by atoms with E-state index in [0.29, 0.717) is 5.69 Å². The van der Waals surface area contributed by atoms with Crippen molar-refractivity contribution in [2.75, 3.05) is 26.0 Å². The Bertz CT molecular complexity index is 636. The molecule has 0 aliphatic carbocycles. The van der Waals surface area contributed by atoms with E-state index in [0.717, 1.165) is 24.3 Å². The lowest BCUT2D eigenvalue weighted by molar-refractivity contribution is -0.384. The van der Waals surface area contributed by atoms with Crippen LogP contribution in [0.2, 0.25) is 0 Å². The van der Waals surface area contributed by atoms with E-state index in [9.17, 15) is 10.1 Å². The highest BCUT2D eigenvalue weighted by molar-refractivity contribution is 5.69. The van der Waals surface area contributed by atoms with Gasteiger partial charge in [0, 0.05) is 18.8 Å². The van der Waals surface area contributed by atoms with Gasteiger partial charge in [0.25, 0.3) is 5.69 Å². The molecule has 1 aromatic carbocycles. The number of hydrogen-bond acceptors (Lipinski definition) is 5. The number of nitrogens with one attached hydrogen (secondary N) is 1. The molecule has 0 unspecified atom stereocenters. The smallest absolute Gasteiger partial charge is 0.292 e. The predicted octanol–water partition coefficient (Wildman–Crippen LogP) is 2.40. The van der Waals surface area contributed by atoms with E-state index in [1.54, 1.807) is 18.3 Å². The summed E-state index contributed by atoms with van der Waals surface area (Å²) in [6.45, 7) is 3.48. The van der Waals surface area contributed by atoms with Crippen LogP contribution in [0.4, 0.5) is 17.1 Å². The molecular formula is C14H19N5O2. The minimum Gasteiger partial charge on any atom is -0.347 e. The van der Waals surface area contributed by atoms with Gasteiger partial charge < -0.3 is 10.2 Å². The van der Waals surface area contributed by atoms with Crippen molar-refractivity contribution in [1.29, 1.82) is 0 Å². The fourth-order valence-corrected chi connectivity index (χ4v) is 1.91. The fourth-order valence-electron chi connectivity index (χ4n) is 1.91. The van der Waals surface area contributed by atoms with Crippen molar-refractivity contribution in [3.63, 3.8) is 0 Å². The summed E-state index contributed by atoms with van der Waals surface area (Å²) < 4.78 is 1.81. The molecule has 1 N–H and O–H groups in total. The second-order valence-electron chi connectivity index (χ2n) is 5.20. The summed E-state index contributed by atoms with van der Waals surface area (Å²) >= 11 is 0. The van der Waals surface area contributed by atoms with Crippen LogP contribution < -0.4 is 5.32 Å². The fraction of sp³-hybridized carbons (Fsp3) is 0.357. The highest BCUT2D eigenvalue weighted by Gasteiger charge is 2.14. The van der Waals surface area contributed by atoms with Crippen LogP contribution in [0.15, 0.2) is 30.6 Å². The van der Waals surface area contributed by atoms with E-state index in [-0.39, 0.29) is 10.6 Å². The van der Waals surface area contributed by atoms with Crippen molar-refractivity contribution in [3.8, 4) is 0 Å². The van der Waals surface area contributed by atoms with E-state index in [4.69, 9.17) is 0 Å². The number of benzene rings is 1. The molecule has 0 fully saturated rings. The molecule has 7 heteroatoms. The van der Waals surface area contributed by atoms with E-state index < -0.39 is 0 Å². The lowest BCUT2D eigenvalue weighted by Gasteiger charge is -2.08. The number of nitro groups is 1. The van der Waals surface area contributed by atoms with Gasteiger partial charge in [0.1, 0.15) is 5.69 Å². The van der Waals surface area contributed by atoms with Gasteiger partial charge in [0.15, 0.2) is 0 Å². The topological polar surface area (TPSA) is 76.2 Å². The van der Waals surface area contributed by atoms with Crippen LogP contribution in [-0.4, -0.2) is 40.2 Å². The van der Waals surface area contributed by atoms with E-state index in [1.807, 2.05) is 38.0 Å². The molecule has 0 radical (unpaired) electrons. The van der Waals surface area contributed by atoms with Crippen LogP contribution in [0, 0.1) is 17.0 Å². The highest BCUT2D eigenvalue weighted by Crippen LogP contribution is 2.28. The molecule has 0 aliphatic rings. The summed E-state index contributed by atoms with van der Waals surface area (Å²) in [7, 11) is 4.00. The standard InChI is InChI=1S/C14H19N5O2/c1-11-4-5-13(14(8-11)19(20)21)16-12-9-15-18(10-12)7-6-17(2)3/h4-5,8-10,16H,6-7H2,1-3H3. The number of nitrogens with zero attached hydrogens (tertiary/aromatic N) is 4. The molecule has 0 saturated carbocycles. The Hall–Kier alpha value is -2.41. The average molecular weight is 289 g/mol. The van der Waals surface area contributed by atoms with Crippen LogP contribution in [0.5, 0.6) is 0 Å². The van der Waals surface area contributed by atoms with Gasteiger partial charge in [-0.3, -0.25) is 14.8 Å². The molecule has 7 nitrogen and oxygen atoms in total. The molecule has 112 valence electrons. The number of aromatic nitrogens is 2. The first kappa shape index (κ1) is 15.0. The van der Waals surface area contributed by atoms with Crippen molar-refractivity contribution in [2.45, 2.75) is 13.5 Å². The Morgan fingerprint density at radius 1 is 1.43 bits per heavy atom. The van der Waals surface area contributed by atoms with Gasteiger partial charge >= 0.3 is 0 Å². The molecule has 21 heavy (non-hydrogen) atoms. The van der Waals surface area contributed by atoms with Gasteiger partial charge in [-0.05, 0) is 32.6 Å². The summed E-state index contributed by atoms with van der Waals surface area (Å²) in [5, 5.41) is 18.4. The van der Waals surface area contributed by atoms with E-state index >= 15 is 0 Å². The van der Waals surface area contributed by atoms with Gasteiger partial charge in [0.2, 0.25) is 0 Å². The Morgan fingerprint density at radius 2 is 2.19 bits per heavy atom. The summed E-state index contributed by atoms with van der Waals surface area (Å²) in [5.74, 6) is 0. The Labute approximate surface area is 123 Å². The normalized spacial score (nSPS) is 10.9. The van der Waals surface area contributed by atoms with Gasteiger partial charge in [0.05, 0.1) is 23.4 Å². The zero-order valence-electron chi connectivity index (χ0n) is 12.4. The molecule has 0 amide bonds. The van der Waals surface area contributed by atoms with Crippen molar-refractivity contribution in [3.05, 3.63) is 46.3 Å². The van der Waals surface area contributed by atoms with Gasteiger partial charge in [-0.25, -0.2) is 0 Å². The first-order chi connectivity index (χ1) is 9.95. The van der Waals surface area contributed by atoms with Gasteiger partial charge in [-0.15, -0.1) is 0 Å². The SMILES string of the molecule is Cc1ccc(Nc2cnn(CCN(C)C)c2)c([N+](=O)[O-])c1. The zero-order valence-corrected chi connectivity index (χ0v) is 12.4. The third-order valence-corrected chi connectivity index (χ3v) is 3.04. The van der Waals surface area contributed by atoms with Gasteiger partial charge in [-0.1, -0.05) is 6.07 Å². The van der Waals surface area contributed by atoms with Crippen molar-refractivity contribution >= 4 is 17.1 Å². The zero-order chi connectivity index (χ0) is 15.4. The van der Waals surface area contributed by atoms with E-state index in [2.05, 4.69) is 15.3 Å². The molecule has 0 spiro atoms. The summed E-state index contributed by atoms with van der Waals surface area (Å²) in [6, 6.07) is 5.11. The molecule has 2 aromatic rings. The summed E-state index contributed by atoms with van der Waals surface area (Å²) in [4.78, 5) is 12.8. The van der Waals surface area contributed by atoms with Crippen LogP contribution >= 0.6 is 0 Å². The van der Waals surface area contributed by atoms with Crippen LogP contribution in [0.25, 0.3) is 0 Å². The highest BCUT2D eigenvalue weighted by atomic mass is 16.6. The largest absolute Gasteiger partial charge is 0.347 e. The first-order valence-electron chi connectivity index (χ1n) is 6.65. The molecule has 0 atom stereocenters. The molecule has 2 rings (SSSR count). The van der Waals surface area contributed by atoms with Crippen molar-refractivity contribution in [2.24, 2.45) is 0 Å². The maximum atomic E-state index is 11.1. The number of aryl methyl sites for hydroxylation is 1. The number of likely N-dealkylation sites (N-methyl/N-ethyl adjacent to an activating group) is 1. The van der Waals surface area contributed by atoms with Crippen LogP contribution in [0.3, 0.4) is 0 Å². The summed E-state index contributed by atoms with van der Waals surface area (Å²) in [6.07, 6.45) is 3.51. The predicted molar refractivity (Wildman–Crippen MR) is 81.9 cm³/mol. The van der Waals surface area contributed by atoms with E-state index in [1.165, 1.54) is 0 Å². The number of nitro benzene ring substituents is 1. The molecule has 0 aliphatic heterocycles. The third-order valence-electron chi connectivity index (χ3n) is 3.04. The average Bonchev–Trinajstić information content (AvgIpc) is 2.86. The molecule has 0 bridgehead atoms. The maximum Gasteiger partial charge on any atom is 0.292 e. The second-order valence-corrected chi connectivity index (χ2v) is 5.20. The lowest BCUT2D eigenvalue weighted by atomic mass is 10.2. The number of rotatable bonds is 6. The number of anilines is 2.